The number of allylic oxidation sites excluding steroid dienone is 5. The molecule has 1 aromatic heterocycles. The van der Waals surface area contributed by atoms with Gasteiger partial charge in [-0.05, 0) is 74.5 Å². The van der Waals surface area contributed by atoms with Crippen molar-refractivity contribution in [1.29, 1.82) is 0 Å². The van der Waals surface area contributed by atoms with E-state index in [9.17, 15) is 14.7 Å². The molecule has 2 aliphatic carbocycles. The van der Waals surface area contributed by atoms with Gasteiger partial charge in [-0.3, -0.25) is 9.59 Å². The van der Waals surface area contributed by atoms with Crippen molar-refractivity contribution >= 4 is 11.8 Å². The average Bonchev–Trinajstić information content (AvgIpc) is 3.53. The number of carbonyl (C=O) groups excluding carboxylic acids is 1. The number of rotatable bonds is 8. The smallest absolute Gasteiger partial charge is 0.308 e. The van der Waals surface area contributed by atoms with Crippen LogP contribution in [0.3, 0.4) is 0 Å². The monoisotopic (exact) mass is 465 g/mol. The Labute approximate surface area is 203 Å². The highest BCUT2D eigenvalue weighted by Gasteiger charge is 2.42. The molecule has 0 spiro atoms. The lowest BCUT2D eigenvalue weighted by atomic mass is 9.69. The first-order chi connectivity index (χ1) is 16.4. The van der Waals surface area contributed by atoms with Gasteiger partial charge < -0.3 is 14.8 Å². The van der Waals surface area contributed by atoms with E-state index in [2.05, 4.69) is 49.2 Å². The lowest BCUT2D eigenvalue weighted by molar-refractivity contribution is -0.152. The van der Waals surface area contributed by atoms with Crippen LogP contribution in [0.2, 0.25) is 0 Å². The minimum Gasteiger partial charge on any atom is -0.481 e. The molecule has 5 nitrogen and oxygen atoms in total. The van der Waals surface area contributed by atoms with Crippen molar-refractivity contribution in [2.75, 3.05) is 0 Å². The quantitative estimate of drug-likeness (QED) is 0.272. The molecule has 0 amide bonds. The van der Waals surface area contributed by atoms with Crippen molar-refractivity contribution in [2.45, 2.75) is 71.5 Å². The predicted octanol–water partition coefficient (Wildman–Crippen LogP) is 6.21. The van der Waals surface area contributed by atoms with Crippen molar-refractivity contribution in [3.63, 3.8) is 0 Å². The van der Waals surface area contributed by atoms with Gasteiger partial charge in [-0.25, -0.2) is 0 Å². The van der Waals surface area contributed by atoms with E-state index < -0.39 is 11.9 Å². The van der Waals surface area contributed by atoms with Crippen LogP contribution in [0.15, 0.2) is 54.3 Å². The van der Waals surface area contributed by atoms with Crippen LogP contribution in [-0.4, -0.2) is 34.1 Å². The molecule has 0 radical (unpaired) electrons. The van der Waals surface area contributed by atoms with Gasteiger partial charge in [-0.15, -0.1) is 0 Å². The van der Waals surface area contributed by atoms with Crippen LogP contribution in [0.1, 0.15) is 69.8 Å². The van der Waals surface area contributed by atoms with Crippen molar-refractivity contribution in [3.05, 3.63) is 60.0 Å². The zero-order chi connectivity index (χ0) is 24.2. The number of H-pyrrole nitrogens is 1. The first-order valence-corrected chi connectivity index (χ1v) is 13.0. The van der Waals surface area contributed by atoms with Crippen molar-refractivity contribution in [2.24, 2.45) is 35.5 Å². The number of carboxylic acids is 1. The molecule has 8 atom stereocenters. The van der Waals surface area contributed by atoms with Gasteiger partial charge in [-0.2, -0.15) is 0 Å². The Balaban J connectivity index is 1.53. The first kappa shape index (κ1) is 24.7. The first-order valence-electron chi connectivity index (χ1n) is 13.0. The highest BCUT2D eigenvalue weighted by Crippen LogP contribution is 2.46. The number of ketones is 1. The molecule has 5 heteroatoms. The fourth-order valence-electron chi connectivity index (χ4n) is 6.26. The van der Waals surface area contributed by atoms with Crippen LogP contribution in [-0.2, 0) is 9.53 Å². The van der Waals surface area contributed by atoms with Crippen LogP contribution in [0.25, 0.3) is 0 Å². The molecule has 2 heterocycles. The maximum atomic E-state index is 13.4. The van der Waals surface area contributed by atoms with Crippen LogP contribution < -0.4 is 0 Å². The van der Waals surface area contributed by atoms with Crippen LogP contribution in [0, 0.1) is 35.5 Å². The van der Waals surface area contributed by atoms with Crippen molar-refractivity contribution in [3.8, 4) is 0 Å². The summed E-state index contributed by atoms with van der Waals surface area (Å²) in [5, 5.41) is 9.43. The Morgan fingerprint density at radius 2 is 2.06 bits per heavy atom. The second-order valence-electron chi connectivity index (χ2n) is 10.5. The fraction of sp³-hybridized carbons (Fsp3) is 0.586. The Morgan fingerprint density at radius 1 is 1.24 bits per heavy atom. The van der Waals surface area contributed by atoms with Crippen LogP contribution >= 0.6 is 0 Å². The van der Waals surface area contributed by atoms with E-state index in [4.69, 9.17) is 4.74 Å². The molecule has 1 saturated carbocycles. The third-order valence-electron chi connectivity index (χ3n) is 8.36. The third kappa shape index (κ3) is 5.14. The van der Waals surface area contributed by atoms with Crippen molar-refractivity contribution in [1.82, 2.24) is 4.98 Å². The minimum atomic E-state index is -0.799. The zero-order valence-electron chi connectivity index (χ0n) is 20.7. The molecule has 1 aromatic rings. The van der Waals surface area contributed by atoms with Crippen LogP contribution in [0.4, 0.5) is 0 Å². The van der Waals surface area contributed by atoms with Gasteiger partial charge in [-0.1, -0.05) is 50.6 Å². The second-order valence-corrected chi connectivity index (χ2v) is 10.5. The fourth-order valence-corrected chi connectivity index (χ4v) is 6.26. The van der Waals surface area contributed by atoms with E-state index >= 15 is 0 Å². The molecule has 2 fully saturated rings. The molecule has 2 N–H and O–H groups in total. The maximum absolute atomic E-state index is 13.4. The number of aromatic amines is 1. The highest BCUT2D eigenvalue weighted by molar-refractivity contribution is 5.97. The van der Waals surface area contributed by atoms with Gasteiger partial charge >= 0.3 is 5.97 Å². The Hall–Kier alpha value is -2.40. The van der Waals surface area contributed by atoms with Gasteiger partial charge in [0.25, 0.3) is 0 Å². The summed E-state index contributed by atoms with van der Waals surface area (Å²) in [6.45, 7) is 6.05. The topological polar surface area (TPSA) is 79.4 Å². The van der Waals surface area contributed by atoms with Gasteiger partial charge in [0.2, 0.25) is 0 Å². The largest absolute Gasteiger partial charge is 0.481 e. The molecule has 0 bridgehead atoms. The van der Waals surface area contributed by atoms with E-state index in [-0.39, 0.29) is 29.8 Å². The average molecular weight is 466 g/mol. The van der Waals surface area contributed by atoms with E-state index in [1.165, 1.54) is 18.4 Å². The van der Waals surface area contributed by atoms with Gasteiger partial charge in [0.05, 0.1) is 23.8 Å². The summed E-state index contributed by atoms with van der Waals surface area (Å²) in [5.41, 5.74) is 1.90. The molecule has 0 aromatic carbocycles. The molecule has 34 heavy (non-hydrogen) atoms. The number of aromatic nitrogens is 1. The molecule has 1 aliphatic heterocycles. The normalized spacial score (nSPS) is 34.8. The predicted molar refractivity (Wildman–Crippen MR) is 133 cm³/mol. The molecular formula is C29H39NO4. The highest BCUT2D eigenvalue weighted by atomic mass is 16.5. The summed E-state index contributed by atoms with van der Waals surface area (Å²) in [6, 6.07) is 3.78. The van der Waals surface area contributed by atoms with Gasteiger partial charge in [0.1, 0.15) is 0 Å². The summed E-state index contributed by atoms with van der Waals surface area (Å²) in [5.74, 6) is 0.237. The number of ether oxygens (including phenoxy) is 1. The summed E-state index contributed by atoms with van der Waals surface area (Å²) >= 11 is 0. The van der Waals surface area contributed by atoms with E-state index in [0.717, 1.165) is 25.7 Å². The molecule has 4 rings (SSSR count). The van der Waals surface area contributed by atoms with Crippen LogP contribution in [0.5, 0.6) is 0 Å². The molecule has 3 aliphatic rings. The lowest BCUT2D eigenvalue weighted by Gasteiger charge is -2.37. The minimum absolute atomic E-state index is 0.0310. The number of aliphatic carboxylic acids is 1. The third-order valence-corrected chi connectivity index (χ3v) is 8.36. The molecule has 1 saturated heterocycles. The zero-order valence-corrected chi connectivity index (χ0v) is 20.7. The molecular weight excluding hydrogens is 426 g/mol. The SMILES string of the molecule is CC/C(=C\C=C\[C@@H]1C=C[C@H]2CCC[C@H]2[C@H]1C(=O)c1ccc[nH]1)[C@@H]1O[C@@H]([C@@H](C)C(=O)O)CC[C@@H]1C. The van der Waals surface area contributed by atoms with E-state index in [1.54, 1.807) is 6.92 Å². The number of hydrogen-bond donors (Lipinski definition) is 2. The number of hydrogen-bond acceptors (Lipinski definition) is 3. The number of fused-ring (bicyclic) bond motifs is 1. The second kappa shape index (κ2) is 10.9. The Kier molecular flexibility index (Phi) is 7.92. The summed E-state index contributed by atoms with van der Waals surface area (Å²) in [4.78, 5) is 28.0. The summed E-state index contributed by atoms with van der Waals surface area (Å²) in [6.07, 6.45) is 18.6. The maximum Gasteiger partial charge on any atom is 0.308 e. The van der Waals surface area contributed by atoms with Gasteiger partial charge in [0, 0.05) is 18.0 Å². The lowest BCUT2D eigenvalue weighted by Crippen LogP contribution is -2.40. The molecule has 0 unspecified atom stereocenters. The van der Waals surface area contributed by atoms with Crippen molar-refractivity contribution < 1.29 is 19.4 Å². The summed E-state index contributed by atoms with van der Waals surface area (Å²) in [7, 11) is 0. The van der Waals surface area contributed by atoms with E-state index in [0.29, 0.717) is 23.4 Å². The van der Waals surface area contributed by atoms with Gasteiger partial charge in [0.15, 0.2) is 5.78 Å². The number of carbonyl (C=O) groups is 2. The summed E-state index contributed by atoms with van der Waals surface area (Å²) < 4.78 is 6.33. The Bertz CT molecular complexity index is 943. The number of carboxylic acid groups (broad SMARTS) is 1. The number of Topliss-reactive ketones (excluding diaryl/α,β-unsaturated/α-hetero) is 1. The molecule has 184 valence electrons. The standard InChI is InChI=1S/C29H39NO4/c1-4-20(28-18(2)13-16-25(34-28)19(3)29(32)33)8-5-10-22-15-14-21-9-6-11-23(21)26(22)27(31)24-12-7-17-30-24/h5,7-8,10,12,14-15,17-19,21-23,25-26,28,30H,4,6,9,11,13,16H2,1-3H3,(H,32,33)/b10-5+,20-8+/t18-,19+,21+,22+,23+,25+,26-,28+/m0/s1. The van der Waals surface area contributed by atoms with E-state index in [1.807, 2.05) is 18.3 Å². The number of nitrogens with one attached hydrogen (secondary N) is 1. The Morgan fingerprint density at radius 3 is 2.76 bits per heavy atom.